The van der Waals surface area contributed by atoms with Crippen molar-refractivity contribution in [2.45, 2.75) is 24.9 Å². The summed E-state index contributed by atoms with van der Waals surface area (Å²) in [6, 6.07) is 26.0. The van der Waals surface area contributed by atoms with Crippen LogP contribution in [0, 0.1) is 0 Å². The molecule has 0 unspecified atom stereocenters. The molecule has 4 aromatic rings. The number of ether oxygens (including phenoxy) is 3. The van der Waals surface area contributed by atoms with Gasteiger partial charge >= 0.3 is 19.8 Å². The first-order chi connectivity index (χ1) is 22.1. The summed E-state index contributed by atoms with van der Waals surface area (Å²) in [5.74, 6) is 0.569. The fourth-order valence-electron chi connectivity index (χ4n) is 4.91. The summed E-state index contributed by atoms with van der Waals surface area (Å²) in [6.45, 7) is -0.120. The van der Waals surface area contributed by atoms with E-state index in [1.807, 2.05) is 66.0 Å². The maximum atomic E-state index is 14.8. The second-order valence-electron chi connectivity index (χ2n) is 10.4. The molecular formula is C33H28F3N2O7P. The number of hydrogen-bond acceptors (Lipinski definition) is 7. The van der Waals surface area contributed by atoms with Crippen LogP contribution in [0.4, 0.5) is 23.7 Å². The highest BCUT2D eigenvalue weighted by Crippen LogP contribution is 2.51. The van der Waals surface area contributed by atoms with Crippen LogP contribution in [0.15, 0.2) is 103 Å². The average Bonchev–Trinajstić information content (AvgIpc) is 3.52. The Hall–Kier alpha value is -4.77. The highest BCUT2D eigenvalue weighted by atomic mass is 31.2. The molecule has 0 bridgehead atoms. The van der Waals surface area contributed by atoms with Gasteiger partial charge in [0.05, 0.1) is 18.9 Å². The van der Waals surface area contributed by atoms with Gasteiger partial charge in [0.1, 0.15) is 5.75 Å². The molecule has 4 aromatic carbocycles. The van der Waals surface area contributed by atoms with Crippen molar-refractivity contribution in [3.63, 3.8) is 0 Å². The van der Waals surface area contributed by atoms with Crippen LogP contribution < -0.4 is 24.8 Å². The van der Waals surface area contributed by atoms with Gasteiger partial charge < -0.3 is 33.9 Å². The number of benzene rings is 4. The quantitative estimate of drug-likeness (QED) is 0.158. The van der Waals surface area contributed by atoms with E-state index in [1.165, 1.54) is 24.3 Å². The maximum Gasteiger partial charge on any atom is 0.419 e. The molecule has 0 aliphatic carbocycles. The molecule has 0 aromatic heterocycles. The summed E-state index contributed by atoms with van der Waals surface area (Å²) in [7, 11) is -3.82. The Labute approximate surface area is 262 Å². The van der Waals surface area contributed by atoms with Crippen LogP contribution in [0.1, 0.15) is 22.3 Å². The largest absolute Gasteiger partial charge is 0.481 e. The van der Waals surface area contributed by atoms with Gasteiger partial charge in [0.2, 0.25) is 6.79 Å². The topological polar surface area (TPSA) is 104 Å². The number of halogens is 3. The number of urea groups is 1. The van der Waals surface area contributed by atoms with Gasteiger partial charge in [-0.3, -0.25) is 4.57 Å². The normalized spacial score (nSPS) is 17.3. The van der Waals surface area contributed by atoms with Gasteiger partial charge in [0, 0.05) is 11.6 Å². The van der Waals surface area contributed by atoms with E-state index in [4.69, 9.17) is 23.3 Å². The third-order valence-electron chi connectivity index (χ3n) is 7.26. The van der Waals surface area contributed by atoms with Crippen LogP contribution in [-0.2, 0) is 32.4 Å². The lowest BCUT2D eigenvalue weighted by molar-refractivity contribution is -0.181. The van der Waals surface area contributed by atoms with Crippen molar-refractivity contribution in [3.8, 4) is 17.2 Å². The van der Waals surface area contributed by atoms with Crippen LogP contribution >= 0.6 is 7.60 Å². The molecule has 0 spiro atoms. The van der Waals surface area contributed by atoms with Crippen molar-refractivity contribution < 1.29 is 45.8 Å². The van der Waals surface area contributed by atoms with Crippen molar-refractivity contribution in [1.29, 1.82) is 0 Å². The van der Waals surface area contributed by atoms with E-state index in [0.29, 0.717) is 5.56 Å². The highest BCUT2D eigenvalue weighted by molar-refractivity contribution is 7.53. The number of fused-ring (bicyclic) bond motifs is 2. The molecule has 2 aliphatic heterocycles. The Balaban J connectivity index is 1.23. The summed E-state index contributed by atoms with van der Waals surface area (Å²) in [6.07, 6.45) is -3.30. The Kier molecular flexibility index (Phi) is 8.77. The molecule has 0 radical (unpaired) electrons. The van der Waals surface area contributed by atoms with E-state index in [9.17, 15) is 22.5 Å². The lowest BCUT2D eigenvalue weighted by Crippen LogP contribution is -2.58. The first kappa shape index (κ1) is 31.2. The standard InChI is InChI=1S/C33H28F3N2O7P/c34-33(35,36)32(27-17-29-30(42-21-41-29)18-28(27)37-31(39)38-32)15-14-23-12-7-13-26(16-23)43-22-46(40,44-19-24-8-3-1-4-9-24)45-20-25-10-5-2-6-11-25/h1-18H,19-22H2,(H2,37,38,39)/b15-14+/t32-/m0/s1. The van der Waals surface area contributed by atoms with Crippen LogP contribution in [-0.4, -0.2) is 25.3 Å². The molecule has 2 heterocycles. The first-order valence-corrected chi connectivity index (χ1v) is 15.8. The van der Waals surface area contributed by atoms with E-state index in [2.05, 4.69) is 5.32 Å². The summed E-state index contributed by atoms with van der Waals surface area (Å²) in [5.41, 5.74) is -1.32. The molecule has 2 N–H and O–H groups in total. The van der Waals surface area contributed by atoms with Crippen molar-refractivity contribution >= 4 is 25.4 Å². The number of alkyl halides is 3. The van der Waals surface area contributed by atoms with Crippen LogP contribution in [0.3, 0.4) is 0 Å². The van der Waals surface area contributed by atoms with Gasteiger partial charge in [-0.2, -0.15) is 13.2 Å². The second-order valence-corrected chi connectivity index (χ2v) is 12.4. The smallest absolute Gasteiger partial charge is 0.419 e. The number of rotatable bonds is 11. The Morgan fingerprint density at radius 2 is 1.48 bits per heavy atom. The SMILES string of the molecule is O=C1Nc2cc3c(cc2[C@@](/C=C/c2cccc(OCP(=O)(OCc4ccccc4)OCc4ccccc4)c2)(C(F)(F)F)N1)OCO3. The zero-order valence-corrected chi connectivity index (χ0v) is 25.1. The van der Waals surface area contributed by atoms with Gasteiger partial charge in [-0.05, 0) is 41.0 Å². The zero-order chi connectivity index (χ0) is 32.2. The van der Waals surface area contributed by atoms with Gasteiger partial charge in [-0.15, -0.1) is 0 Å². The minimum Gasteiger partial charge on any atom is -0.481 e. The van der Waals surface area contributed by atoms with Gasteiger partial charge in [0.25, 0.3) is 0 Å². The number of nitrogens with one attached hydrogen (secondary N) is 2. The van der Waals surface area contributed by atoms with Gasteiger partial charge in [-0.1, -0.05) is 78.9 Å². The Bertz CT molecular complexity index is 1740. The lowest BCUT2D eigenvalue weighted by atomic mass is 9.85. The van der Waals surface area contributed by atoms with Crippen molar-refractivity contribution in [2.75, 3.05) is 18.5 Å². The van der Waals surface area contributed by atoms with Gasteiger partial charge in [-0.25, -0.2) is 4.79 Å². The lowest BCUT2D eigenvalue weighted by Gasteiger charge is -2.39. The molecule has 0 saturated carbocycles. The molecule has 9 nitrogen and oxygen atoms in total. The monoisotopic (exact) mass is 652 g/mol. The number of carbonyl (C=O) groups excluding carboxylic acids is 1. The van der Waals surface area contributed by atoms with Crippen molar-refractivity contribution in [1.82, 2.24) is 5.32 Å². The van der Waals surface area contributed by atoms with E-state index in [-0.39, 0.29) is 48.5 Å². The van der Waals surface area contributed by atoms with E-state index >= 15 is 0 Å². The average molecular weight is 653 g/mol. The number of anilines is 1. The second kappa shape index (κ2) is 12.9. The summed E-state index contributed by atoms with van der Waals surface area (Å²) in [4.78, 5) is 12.4. The predicted octanol–water partition coefficient (Wildman–Crippen LogP) is 7.98. The molecule has 46 heavy (non-hydrogen) atoms. The van der Waals surface area contributed by atoms with Gasteiger partial charge in [0.15, 0.2) is 23.4 Å². The Morgan fingerprint density at radius 1 is 0.848 bits per heavy atom. The summed E-state index contributed by atoms with van der Waals surface area (Å²) in [5, 5.41) is 4.45. The van der Waals surface area contributed by atoms with Crippen molar-refractivity contribution in [3.05, 3.63) is 125 Å². The highest BCUT2D eigenvalue weighted by Gasteiger charge is 2.58. The number of hydrogen-bond donors (Lipinski definition) is 2. The van der Waals surface area contributed by atoms with E-state index < -0.39 is 31.7 Å². The van der Waals surface area contributed by atoms with E-state index in [0.717, 1.165) is 17.2 Å². The van der Waals surface area contributed by atoms with Crippen LogP contribution in [0.25, 0.3) is 6.08 Å². The van der Waals surface area contributed by atoms with Crippen molar-refractivity contribution in [2.24, 2.45) is 0 Å². The summed E-state index contributed by atoms with van der Waals surface area (Å²) < 4.78 is 86.0. The molecule has 1 atom stereocenters. The maximum absolute atomic E-state index is 14.8. The minimum absolute atomic E-state index is 0.0149. The third-order valence-corrected chi connectivity index (χ3v) is 8.75. The fourth-order valence-corrected chi connectivity index (χ4v) is 6.13. The molecule has 0 fully saturated rings. The van der Waals surface area contributed by atoms with Crippen LogP contribution in [0.2, 0.25) is 0 Å². The molecule has 13 heteroatoms. The molecule has 0 saturated heterocycles. The fraction of sp³-hybridized carbons (Fsp3) is 0.182. The first-order valence-electron chi connectivity index (χ1n) is 14.1. The third kappa shape index (κ3) is 6.89. The number of carbonyl (C=O) groups is 1. The summed E-state index contributed by atoms with van der Waals surface area (Å²) >= 11 is 0. The predicted molar refractivity (Wildman–Crippen MR) is 163 cm³/mol. The van der Waals surface area contributed by atoms with Crippen LogP contribution in [0.5, 0.6) is 17.2 Å². The number of amides is 2. The molecule has 238 valence electrons. The molecule has 2 amide bonds. The Morgan fingerprint density at radius 3 is 2.11 bits per heavy atom. The molecule has 6 rings (SSSR count). The van der Waals surface area contributed by atoms with E-state index in [1.54, 1.807) is 18.2 Å². The minimum atomic E-state index is -4.93. The zero-order valence-electron chi connectivity index (χ0n) is 24.2. The molecule has 2 aliphatic rings. The molecular weight excluding hydrogens is 624 g/mol.